The molecule has 0 aliphatic carbocycles. The van der Waals surface area contributed by atoms with Crippen LogP contribution >= 0.6 is 15.9 Å². The maximum Gasteiger partial charge on any atom is 0.332 e. The standard InChI is InChI=1S/C11H12BrN3O4/c1-3-19-11(16)7(2)13-14-9-5-4-8(12)6-10(9)15(17)18/h4-7H,3H2,1-2H3. The van der Waals surface area contributed by atoms with Gasteiger partial charge in [0.1, 0.15) is 0 Å². The van der Waals surface area contributed by atoms with E-state index in [0.717, 1.165) is 0 Å². The number of rotatable bonds is 5. The minimum Gasteiger partial charge on any atom is -0.464 e. The third-order valence-electron chi connectivity index (χ3n) is 2.10. The van der Waals surface area contributed by atoms with Crippen LogP contribution in [0, 0.1) is 10.1 Å². The van der Waals surface area contributed by atoms with Gasteiger partial charge in [-0.05, 0) is 26.0 Å². The van der Waals surface area contributed by atoms with E-state index in [-0.39, 0.29) is 18.0 Å². The second kappa shape index (κ2) is 6.93. The Morgan fingerprint density at radius 1 is 1.58 bits per heavy atom. The van der Waals surface area contributed by atoms with Gasteiger partial charge < -0.3 is 4.74 Å². The van der Waals surface area contributed by atoms with Gasteiger partial charge in [0.05, 0.1) is 11.5 Å². The Balaban J connectivity index is 2.93. The summed E-state index contributed by atoms with van der Waals surface area (Å²) in [5.74, 6) is -0.522. The van der Waals surface area contributed by atoms with Crippen molar-refractivity contribution in [2.45, 2.75) is 19.9 Å². The topological polar surface area (TPSA) is 94.2 Å². The van der Waals surface area contributed by atoms with E-state index in [1.807, 2.05) is 0 Å². The average molecular weight is 330 g/mol. The fraction of sp³-hybridized carbons (Fsp3) is 0.364. The lowest BCUT2D eigenvalue weighted by Gasteiger charge is -2.04. The van der Waals surface area contributed by atoms with Gasteiger partial charge in [0, 0.05) is 10.5 Å². The lowest BCUT2D eigenvalue weighted by Crippen LogP contribution is -2.17. The van der Waals surface area contributed by atoms with E-state index in [1.165, 1.54) is 19.1 Å². The van der Waals surface area contributed by atoms with Crippen molar-refractivity contribution in [1.29, 1.82) is 0 Å². The van der Waals surface area contributed by atoms with Crippen molar-refractivity contribution >= 4 is 33.3 Å². The number of nitrogens with zero attached hydrogens (tertiary/aromatic N) is 3. The van der Waals surface area contributed by atoms with Crippen molar-refractivity contribution in [3.05, 3.63) is 32.8 Å². The summed E-state index contributed by atoms with van der Waals surface area (Å²) in [5.41, 5.74) is -0.0986. The molecule has 0 heterocycles. The first kappa shape index (κ1) is 15.2. The highest BCUT2D eigenvalue weighted by Crippen LogP contribution is 2.30. The summed E-state index contributed by atoms with van der Waals surface area (Å²) in [6.45, 7) is 3.44. The molecule has 0 aliphatic rings. The van der Waals surface area contributed by atoms with Crippen LogP contribution in [0.25, 0.3) is 0 Å². The first-order valence-electron chi connectivity index (χ1n) is 5.47. The molecule has 1 aromatic carbocycles. The third-order valence-corrected chi connectivity index (χ3v) is 2.59. The van der Waals surface area contributed by atoms with Gasteiger partial charge in [-0.1, -0.05) is 15.9 Å². The first-order valence-corrected chi connectivity index (χ1v) is 6.26. The van der Waals surface area contributed by atoms with Crippen molar-refractivity contribution in [2.24, 2.45) is 10.2 Å². The first-order chi connectivity index (χ1) is 8.95. The highest BCUT2D eigenvalue weighted by Gasteiger charge is 2.16. The normalized spacial score (nSPS) is 12.4. The Kier molecular flexibility index (Phi) is 5.56. The number of hydrogen-bond acceptors (Lipinski definition) is 6. The SMILES string of the molecule is CCOC(=O)C(C)N=Nc1ccc(Br)cc1[N+](=O)[O-]. The van der Waals surface area contributed by atoms with Crippen LogP contribution in [0.3, 0.4) is 0 Å². The van der Waals surface area contributed by atoms with Gasteiger partial charge in [0.15, 0.2) is 11.7 Å². The molecular formula is C11H12BrN3O4. The van der Waals surface area contributed by atoms with Crippen LogP contribution in [-0.4, -0.2) is 23.5 Å². The fourth-order valence-corrected chi connectivity index (χ4v) is 1.54. The summed E-state index contributed by atoms with van der Waals surface area (Å²) in [7, 11) is 0. The Morgan fingerprint density at radius 3 is 2.84 bits per heavy atom. The summed E-state index contributed by atoms with van der Waals surface area (Å²) < 4.78 is 5.32. The van der Waals surface area contributed by atoms with Gasteiger partial charge in [-0.2, -0.15) is 5.11 Å². The zero-order valence-corrected chi connectivity index (χ0v) is 12.0. The lowest BCUT2D eigenvalue weighted by atomic mass is 10.3. The molecule has 0 saturated heterocycles. The second-order valence-electron chi connectivity index (χ2n) is 3.53. The molecule has 1 aromatic rings. The number of carbonyl (C=O) groups excluding carboxylic acids is 1. The van der Waals surface area contributed by atoms with Crippen molar-refractivity contribution in [2.75, 3.05) is 6.61 Å². The number of ether oxygens (including phenoxy) is 1. The predicted molar refractivity (Wildman–Crippen MR) is 71.4 cm³/mol. The molecule has 0 aromatic heterocycles. The number of nitro groups is 1. The van der Waals surface area contributed by atoms with Crippen LogP contribution in [0.4, 0.5) is 11.4 Å². The Labute approximate surface area is 117 Å². The molecular weight excluding hydrogens is 318 g/mol. The van der Waals surface area contributed by atoms with Crippen molar-refractivity contribution < 1.29 is 14.5 Å². The van der Waals surface area contributed by atoms with Crippen LogP contribution in [-0.2, 0) is 9.53 Å². The molecule has 1 atom stereocenters. The smallest absolute Gasteiger partial charge is 0.332 e. The number of benzene rings is 1. The summed E-state index contributed by atoms with van der Waals surface area (Å²) in [6.07, 6.45) is 0. The van der Waals surface area contributed by atoms with Crippen molar-refractivity contribution in [1.82, 2.24) is 0 Å². The van der Waals surface area contributed by atoms with Crippen LogP contribution in [0.15, 0.2) is 32.9 Å². The molecule has 0 bridgehead atoms. The summed E-state index contributed by atoms with van der Waals surface area (Å²) in [5, 5.41) is 18.3. The zero-order valence-electron chi connectivity index (χ0n) is 10.4. The summed E-state index contributed by atoms with van der Waals surface area (Å²) >= 11 is 3.14. The Bertz CT molecular complexity index is 519. The molecule has 102 valence electrons. The molecule has 7 nitrogen and oxygen atoms in total. The van der Waals surface area contributed by atoms with Gasteiger partial charge in [-0.25, -0.2) is 4.79 Å². The van der Waals surface area contributed by atoms with E-state index in [4.69, 9.17) is 4.74 Å². The Morgan fingerprint density at radius 2 is 2.26 bits per heavy atom. The zero-order chi connectivity index (χ0) is 14.4. The van der Waals surface area contributed by atoms with Crippen LogP contribution in [0.5, 0.6) is 0 Å². The van der Waals surface area contributed by atoms with Crippen LogP contribution in [0.2, 0.25) is 0 Å². The molecule has 0 aliphatic heterocycles. The number of carbonyl (C=O) groups is 1. The molecule has 1 rings (SSSR count). The van der Waals surface area contributed by atoms with Gasteiger partial charge in [-0.3, -0.25) is 10.1 Å². The lowest BCUT2D eigenvalue weighted by molar-refractivity contribution is -0.384. The van der Waals surface area contributed by atoms with Gasteiger partial charge in [0.25, 0.3) is 5.69 Å². The largest absolute Gasteiger partial charge is 0.464 e. The van der Waals surface area contributed by atoms with Crippen molar-refractivity contribution in [3.8, 4) is 0 Å². The number of hydrogen-bond donors (Lipinski definition) is 0. The molecule has 0 amide bonds. The maximum atomic E-state index is 11.3. The summed E-state index contributed by atoms with van der Waals surface area (Å²) in [6, 6.07) is 3.58. The van der Waals surface area contributed by atoms with Gasteiger partial charge >= 0.3 is 5.97 Å². The number of nitro benzene ring substituents is 1. The molecule has 0 radical (unpaired) electrons. The fourth-order valence-electron chi connectivity index (χ4n) is 1.19. The maximum absolute atomic E-state index is 11.3. The number of esters is 1. The van der Waals surface area contributed by atoms with E-state index < -0.39 is 16.9 Å². The quantitative estimate of drug-likeness (QED) is 0.358. The van der Waals surface area contributed by atoms with Gasteiger partial charge in [0.2, 0.25) is 0 Å². The molecule has 19 heavy (non-hydrogen) atoms. The predicted octanol–water partition coefficient (Wildman–Crippen LogP) is 3.39. The van der Waals surface area contributed by atoms with Gasteiger partial charge in [-0.15, -0.1) is 5.11 Å². The van der Waals surface area contributed by atoms with Crippen LogP contribution in [0.1, 0.15) is 13.8 Å². The average Bonchev–Trinajstić information content (AvgIpc) is 2.36. The third kappa shape index (κ3) is 4.40. The molecule has 0 saturated carbocycles. The van der Waals surface area contributed by atoms with E-state index in [0.29, 0.717) is 4.47 Å². The second-order valence-corrected chi connectivity index (χ2v) is 4.45. The highest BCUT2D eigenvalue weighted by atomic mass is 79.9. The molecule has 0 spiro atoms. The van der Waals surface area contributed by atoms with Crippen molar-refractivity contribution in [3.63, 3.8) is 0 Å². The number of azo groups is 1. The summed E-state index contributed by atoms with van der Waals surface area (Å²) in [4.78, 5) is 21.6. The van der Waals surface area contributed by atoms with E-state index in [9.17, 15) is 14.9 Å². The molecule has 8 heteroatoms. The Hall–Kier alpha value is -1.83. The molecule has 0 fully saturated rings. The minimum atomic E-state index is -0.803. The van der Waals surface area contributed by atoms with E-state index in [2.05, 4.69) is 26.2 Å². The molecule has 1 unspecified atom stereocenters. The minimum absolute atomic E-state index is 0.0874. The van der Waals surface area contributed by atoms with E-state index in [1.54, 1.807) is 13.0 Å². The highest BCUT2D eigenvalue weighted by molar-refractivity contribution is 9.10. The van der Waals surface area contributed by atoms with Crippen LogP contribution < -0.4 is 0 Å². The monoisotopic (exact) mass is 329 g/mol. The van der Waals surface area contributed by atoms with E-state index >= 15 is 0 Å². The number of halogens is 1. The molecule has 0 N–H and O–H groups in total.